The SMILES string of the molecule is CCCOc1cc(-c2ccc(C3=NOC(O)(C(F)(F)F)C3)cc2)ccn1. The molecule has 26 heavy (non-hydrogen) atoms. The van der Waals surface area contributed by atoms with Crippen LogP contribution in [-0.4, -0.2) is 34.4 Å². The third-order valence-electron chi connectivity index (χ3n) is 3.90. The number of oxime groups is 1. The quantitative estimate of drug-likeness (QED) is 0.871. The van der Waals surface area contributed by atoms with Crippen molar-refractivity contribution >= 4 is 5.71 Å². The maximum atomic E-state index is 12.8. The molecule has 0 saturated heterocycles. The largest absolute Gasteiger partial charge is 0.478 e. The highest BCUT2D eigenvalue weighted by molar-refractivity contribution is 6.01. The number of aliphatic hydroxyl groups is 1. The van der Waals surface area contributed by atoms with E-state index in [4.69, 9.17) is 4.74 Å². The molecule has 2 aromatic rings. The van der Waals surface area contributed by atoms with Gasteiger partial charge in [0, 0.05) is 12.3 Å². The van der Waals surface area contributed by atoms with Crippen LogP contribution in [0, 0.1) is 0 Å². The molecule has 5 nitrogen and oxygen atoms in total. The first-order chi connectivity index (χ1) is 12.3. The summed E-state index contributed by atoms with van der Waals surface area (Å²) in [7, 11) is 0. The van der Waals surface area contributed by atoms with Crippen LogP contribution in [0.5, 0.6) is 5.88 Å². The third-order valence-corrected chi connectivity index (χ3v) is 3.90. The zero-order valence-corrected chi connectivity index (χ0v) is 14.0. The molecule has 0 bridgehead atoms. The second-order valence-corrected chi connectivity index (χ2v) is 5.90. The van der Waals surface area contributed by atoms with E-state index in [0.29, 0.717) is 18.1 Å². The first kappa shape index (κ1) is 18.2. The molecular formula is C18H17F3N2O3. The zero-order chi connectivity index (χ0) is 18.8. The Labute approximate surface area is 148 Å². The molecule has 0 fully saturated rings. The molecule has 1 aromatic carbocycles. The van der Waals surface area contributed by atoms with Gasteiger partial charge < -0.3 is 14.7 Å². The van der Waals surface area contributed by atoms with Crippen molar-refractivity contribution in [1.29, 1.82) is 0 Å². The molecular weight excluding hydrogens is 349 g/mol. The third kappa shape index (κ3) is 3.65. The van der Waals surface area contributed by atoms with Crippen LogP contribution < -0.4 is 4.74 Å². The van der Waals surface area contributed by atoms with Crippen LogP contribution in [0.3, 0.4) is 0 Å². The Bertz CT molecular complexity index is 806. The van der Waals surface area contributed by atoms with Gasteiger partial charge >= 0.3 is 12.0 Å². The highest BCUT2D eigenvalue weighted by atomic mass is 19.4. The molecule has 2 heterocycles. The van der Waals surface area contributed by atoms with E-state index in [1.54, 1.807) is 36.5 Å². The van der Waals surface area contributed by atoms with Gasteiger partial charge in [-0.2, -0.15) is 13.2 Å². The number of benzene rings is 1. The van der Waals surface area contributed by atoms with E-state index >= 15 is 0 Å². The highest BCUT2D eigenvalue weighted by Crippen LogP contribution is 2.39. The van der Waals surface area contributed by atoms with Crippen molar-refractivity contribution < 1.29 is 27.9 Å². The summed E-state index contributed by atoms with van der Waals surface area (Å²) in [4.78, 5) is 8.36. The van der Waals surface area contributed by atoms with Crippen molar-refractivity contribution in [3.8, 4) is 17.0 Å². The van der Waals surface area contributed by atoms with Gasteiger partial charge in [0.05, 0.1) is 18.7 Å². The van der Waals surface area contributed by atoms with Crippen LogP contribution >= 0.6 is 0 Å². The molecule has 0 amide bonds. The monoisotopic (exact) mass is 366 g/mol. The predicted molar refractivity (Wildman–Crippen MR) is 88.7 cm³/mol. The van der Waals surface area contributed by atoms with Gasteiger partial charge in [0.1, 0.15) is 0 Å². The van der Waals surface area contributed by atoms with Crippen LogP contribution in [0.1, 0.15) is 25.3 Å². The number of aromatic nitrogens is 1. The maximum Gasteiger partial charge on any atom is 0.458 e. The summed E-state index contributed by atoms with van der Waals surface area (Å²) in [5.41, 5.74) is 2.21. The molecule has 3 rings (SSSR count). The van der Waals surface area contributed by atoms with Gasteiger partial charge in [0.15, 0.2) is 0 Å². The van der Waals surface area contributed by atoms with Gasteiger partial charge in [-0.05, 0) is 29.2 Å². The Balaban J connectivity index is 1.76. The minimum absolute atomic E-state index is 0.0399. The number of hydrogen-bond donors (Lipinski definition) is 1. The second kappa shape index (κ2) is 6.95. The van der Waals surface area contributed by atoms with Crippen LogP contribution in [0.2, 0.25) is 0 Å². The summed E-state index contributed by atoms with van der Waals surface area (Å²) in [6, 6.07) is 10.4. The van der Waals surface area contributed by atoms with Crippen molar-refractivity contribution in [3.05, 3.63) is 48.2 Å². The Morgan fingerprint density at radius 3 is 2.46 bits per heavy atom. The highest BCUT2D eigenvalue weighted by Gasteiger charge is 2.60. The average molecular weight is 366 g/mol. The lowest BCUT2D eigenvalue weighted by atomic mass is 9.99. The van der Waals surface area contributed by atoms with Crippen LogP contribution in [0.4, 0.5) is 13.2 Å². The number of pyridine rings is 1. The number of ether oxygens (including phenoxy) is 1. The van der Waals surface area contributed by atoms with Crippen LogP contribution in [0.25, 0.3) is 11.1 Å². The Hall–Kier alpha value is -2.61. The van der Waals surface area contributed by atoms with Crippen molar-refractivity contribution in [2.75, 3.05) is 6.61 Å². The first-order valence-electron chi connectivity index (χ1n) is 8.06. The topological polar surface area (TPSA) is 63.9 Å². The van der Waals surface area contributed by atoms with E-state index in [-0.39, 0.29) is 5.71 Å². The Kier molecular flexibility index (Phi) is 4.86. The van der Waals surface area contributed by atoms with E-state index in [0.717, 1.165) is 17.5 Å². The lowest BCUT2D eigenvalue weighted by Crippen LogP contribution is -2.45. The summed E-state index contributed by atoms with van der Waals surface area (Å²) >= 11 is 0. The lowest BCUT2D eigenvalue weighted by Gasteiger charge is -2.22. The van der Waals surface area contributed by atoms with Gasteiger partial charge in [-0.15, -0.1) is 0 Å². The Morgan fingerprint density at radius 1 is 1.15 bits per heavy atom. The summed E-state index contributed by atoms with van der Waals surface area (Å²) in [5, 5.41) is 12.9. The minimum Gasteiger partial charge on any atom is -0.478 e. The smallest absolute Gasteiger partial charge is 0.458 e. The molecule has 1 N–H and O–H groups in total. The Morgan fingerprint density at radius 2 is 1.85 bits per heavy atom. The first-order valence-corrected chi connectivity index (χ1v) is 8.06. The molecule has 138 valence electrons. The van der Waals surface area contributed by atoms with E-state index in [1.807, 2.05) is 13.0 Å². The zero-order valence-electron chi connectivity index (χ0n) is 14.0. The fraction of sp³-hybridized carbons (Fsp3) is 0.333. The molecule has 0 radical (unpaired) electrons. The van der Waals surface area contributed by atoms with E-state index in [2.05, 4.69) is 15.0 Å². The summed E-state index contributed by atoms with van der Waals surface area (Å²) < 4.78 is 43.8. The van der Waals surface area contributed by atoms with Crippen molar-refractivity contribution in [3.63, 3.8) is 0 Å². The normalized spacial score (nSPS) is 19.8. The van der Waals surface area contributed by atoms with Crippen molar-refractivity contribution in [1.82, 2.24) is 4.98 Å². The van der Waals surface area contributed by atoms with Gasteiger partial charge in [-0.25, -0.2) is 4.98 Å². The van der Waals surface area contributed by atoms with Gasteiger partial charge in [-0.1, -0.05) is 36.3 Å². The van der Waals surface area contributed by atoms with Crippen molar-refractivity contribution in [2.45, 2.75) is 31.7 Å². The number of halogens is 3. The molecule has 1 aliphatic heterocycles. The maximum absolute atomic E-state index is 12.8. The predicted octanol–water partition coefficient (Wildman–Crippen LogP) is 3.91. The summed E-state index contributed by atoms with van der Waals surface area (Å²) in [5.74, 6) is -2.75. The molecule has 0 spiro atoms. The number of rotatable bonds is 5. The number of hydrogen-bond acceptors (Lipinski definition) is 5. The number of nitrogens with zero attached hydrogens (tertiary/aromatic N) is 2. The minimum atomic E-state index is -4.91. The average Bonchev–Trinajstić information content (AvgIpc) is 3.04. The molecule has 1 aromatic heterocycles. The van der Waals surface area contributed by atoms with Crippen LogP contribution in [0.15, 0.2) is 47.8 Å². The fourth-order valence-corrected chi connectivity index (χ4v) is 2.46. The van der Waals surface area contributed by atoms with E-state index < -0.39 is 18.4 Å². The van der Waals surface area contributed by atoms with Gasteiger partial charge in [0.25, 0.3) is 0 Å². The van der Waals surface area contributed by atoms with E-state index in [1.165, 1.54) is 0 Å². The molecule has 1 atom stereocenters. The number of alkyl halides is 3. The van der Waals surface area contributed by atoms with E-state index in [9.17, 15) is 18.3 Å². The van der Waals surface area contributed by atoms with Gasteiger partial charge in [-0.3, -0.25) is 0 Å². The lowest BCUT2D eigenvalue weighted by molar-refractivity contribution is -0.355. The van der Waals surface area contributed by atoms with Crippen molar-refractivity contribution in [2.24, 2.45) is 5.16 Å². The molecule has 8 heteroatoms. The van der Waals surface area contributed by atoms with Crippen LogP contribution in [-0.2, 0) is 4.84 Å². The molecule has 1 aliphatic rings. The fourth-order valence-electron chi connectivity index (χ4n) is 2.46. The molecule has 0 aliphatic carbocycles. The van der Waals surface area contributed by atoms with Gasteiger partial charge in [0.2, 0.25) is 5.88 Å². The molecule has 1 unspecified atom stereocenters. The summed E-state index contributed by atoms with van der Waals surface area (Å²) in [6.07, 6.45) is -3.16. The molecule has 0 saturated carbocycles. The standard InChI is InChI=1S/C18H17F3N2O3/c1-2-9-25-16-10-14(7-8-22-16)12-3-5-13(6-4-12)15-11-17(24,26-23-15)18(19,20)21/h3-8,10,24H,2,9,11H2,1H3. The second-order valence-electron chi connectivity index (χ2n) is 5.90. The summed E-state index contributed by atoms with van der Waals surface area (Å²) in [6.45, 7) is 2.56.